The second-order valence-corrected chi connectivity index (χ2v) is 12.8. The maximum absolute atomic E-state index is 13.7. The molecule has 0 radical (unpaired) electrons. The normalized spacial score (nSPS) is 27.3. The Kier molecular flexibility index (Phi) is 6.08. The molecule has 0 unspecified atom stereocenters. The first-order valence-corrected chi connectivity index (χ1v) is 13.2. The van der Waals surface area contributed by atoms with Crippen LogP contribution in [0, 0.1) is 5.41 Å². The molecular weight excluding hydrogens is 434 g/mol. The number of sulfone groups is 1. The second kappa shape index (κ2) is 8.40. The number of rotatable bonds is 5. The molecule has 2 saturated heterocycles. The quantitative estimate of drug-likeness (QED) is 0.640. The number of β-amino-alcohol motifs (C(OH)–C–C–N with tert-alkyl or cyclic N) is 1. The van der Waals surface area contributed by atoms with E-state index in [1.807, 2.05) is 27.0 Å². The highest BCUT2D eigenvalue weighted by Gasteiger charge is 2.46. The first-order valence-electron chi connectivity index (χ1n) is 11.4. The van der Waals surface area contributed by atoms with E-state index in [0.29, 0.717) is 18.8 Å². The van der Waals surface area contributed by atoms with E-state index < -0.39 is 33.4 Å². The van der Waals surface area contributed by atoms with E-state index in [0.717, 1.165) is 18.5 Å². The molecule has 11 heteroatoms. The summed E-state index contributed by atoms with van der Waals surface area (Å²) in [6.07, 6.45) is 4.08. The van der Waals surface area contributed by atoms with E-state index in [9.17, 15) is 23.1 Å². The van der Waals surface area contributed by atoms with Gasteiger partial charge < -0.3 is 15.3 Å². The van der Waals surface area contributed by atoms with Gasteiger partial charge in [-0.2, -0.15) is 0 Å². The van der Waals surface area contributed by atoms with Gasteiger partial charge in [0.15, 0.2) is 0 Å². The first kappa shape index (κ1) is 23.2. The number of nitrogens with zero attached hydrogens (tertiary/aromatic N) is 4. The molecule has 0 spiro atoms. The van der Waals surface area contributed by atoms with Gasteiger partial charge in [-0.25, -0.2) is 13.1 Å². The van der Waals surface area contributed by atoms with Crippen molar-refractivity contribution < 1.29 is 23.1 Å². The molecule has 178 valence electrons. The predicted octanol–water partition coefficient (Wildman–Crippen LogP) is 0.398. The van der Waals surface area contributed by atoms with Crippen molar-refractivity contribution in [3.8, 4) is 0 Å². The number of carbonyl (C=O) groups excluding carboxylic acids is 2. The summed E-state index contributed by atoms with van der Waals surface area (Å²) in [5.74, 6) is -0.103. The number of amides is 2. The summed E-state index contributed by atoms with van der Waals surface area (Å²) in [5.41, 5.74) is 0.396. The Hall–Kier alpha value is -2.01. The maximum atomic E-state index is 13.7. The van der Waals surface area contributed by atoms with E-state index in [-0.39, 0.29) is 42.3 Å². The summed E-state index contributed by atoms with van der Waals surface area (Å²) in [7, 11) is -3.03. The van der Waals surface area contributed by atoms with E-state index in [2.05, 4.69) is 15.6 Å². The van der Waals surface area contributed by atoms with Crippen LogP contribution in [0.15, 0.2) is 6.20 Å². The van der Waals surface area contributed by atoms with Gasteiger partial charge in [0.05, 0.1) is 23.3 Å². The third kappa shape index (κ3) is 4.98. The van der Waals surface area contributed by atoms with Crippen LogP contribution in [0.4, 0.5) is 0 Å². The summed E-state index contributed by atoms with van der Waals surface area (Å²) in [6.45, 7) is 5.90. The number of hydrogen-bond acceptors (Lipinski definition) is 7. The molecule has 2 aliphatic heterocycles. The molecular formula is C21H33N5O5S. The van der Waals surface area contributed by atoms with Crippen molar-refractivity contribution in [1.29, 1.82) is 0 Å². The summed E-state index contributed by atoms with van der Waals surface area (Å²) in [5, 5.41) is 21.7. The van der Waals surface area contributed by atoms with Crippen molar-refractivity contribution >= 4 is 21.7 Å². The Morgan fingerprint density at radius 2 is 1.84 bits per heavy atom. The number of likely N-dealkylation sites (tertiary alicyclic amines) is 1. The third-order valence-corrected chi connectivity index (χ3v) is 8.32. The summed E-state index contributed by atoms with van der Waals surface area (Å²) >= 11 is 0. The zero-order valence-electron chi connectivity index (χ0n) is 18.9. The molecule has 2 N–H and O–H groups in total. The fraction of sp³-hybridized carbons (Fsp3) is 0.810. The molecule has 3 atom stereocenters. The fourth-order valence-corrected chi connectivity index (χ4v) is 6.15. The fourth-order valence-electron chi connectivity index (χ4n) is 4.66. The highest BCUT2D eigenvalue weighted by molar-refractivity contribution is 7.91. The van der Waals surface area contributed by atoms with Crippen molar-refractivity contribution in [3.05, 3.63) is 11.9 Å². The minimum absolute atomic E-state index is 0.0512. The van der Waals surface area contributed by atoms with Crippen molar-refractivity contribution in [1.82, 2.24) is 25.2 Å². The van der Waals surface area contributed by atoms with E-state index in [1.165, 1.54) is 4.90 Å². The number of aliphatic hydroxyl groups is 1. The van der Waals surface area contributed by atoms with Crippen molar-refractivity contribution in [2.45, 2.75) is 83.0 Å². The lowest BCUT2D eigenvalue weighted by molar-refractivity contribution is -0.144. The Morgan fingerprint density at radius 1 is 1.19 bits per heavy atom. The number of carbonyl (C=O) groups is 2. The third-order valence-electron chi connectivity index (χ3n) is 6.61. The zero-order chi connectivity index (χ0) is 23.3. The first-order chi connectivity index (χ1) is 14.9. The number of nitrogens with one attached hydrogen (secondary N) is 1. The zero-order valence-corrected chi connectivity index (χ0v) is 19.7. The van der Waals surface area contributed by atoms with Crippen LogP contribution in [-0.4, -0.2) is 81.5 Å². The van der Waals surface area contributed by atoms with Crippen molar-refractivity contribution in [2.75, 3.05) is 18.1 Å². The molecule has 1 aromatic rings. The summed E-state index contributed by atoms with van der Waals surface area (Å²) in [4.78, 5) is 28.2. The molecule has 10 nitrogen and oxygen atoms in total. The minimum Gasteiger partial charge on any atom is -0.391 e. The van der Waals surface area contributed by atoms with Gasteiger partial charge in [0, 0.05) is 31.1 Å². The van der Waals surface area contributed by atoms with Gasteiger partial charge in [-0.15, -0.1) is 5.10 Å². The average molecular weight is 468 g/mol. The standard InChI is InChI=1S/C21H33N5O5S/c1-21(2,3)18(26-12-16(23-24-26)13-4-5-13)20(29)25-11-15(27)10-17(25)19(28)22-14-6-8-32(30,31)9-7-14/h12-15,17-18,27H,4-11H2,1-3H3,(H,22,28)/t15-,17+,18-/m1/s1. The Bertz CT molecular complexity index is 967. The lowest BCUT2D eigenvalue weighted by Gasteiger charge is -2.35. The van der Waals surface area contributed by atoms with Crippen LogP contribution in [-0.2, 0) is 19.4 Å². The summed E-state index contributed by atoms with van der Waals surface area (Å²) in [6, 6.07) is -1.70. The lowest BCUT2D eigenvalue weighted by Crippen LogP contribution is -2.52. The molecule has 2 amide bonds. The van der Waals surface area contributed by atoms with Crippen molar-refractivity contribution in [3.63, 3.8) is 0 Å². The van der Waals surface area contributed by atoms with Crippen LogP contribution >= 0.6 is 0 Å². The van der Waals surface area contributed by atoms with Gasteiger partial charge >= 0.3 is 0 Å². The van der Waals surface area contributed by atoms with Gasteiger partial charge in [-0.3, -0.25) is 9.59 Å². The molecule has 3 aliphatic rings. The molecule has 4 rings (SSSR count). The molecule has 1 aromatic heterocycles. The average Bonchev–Trinajstić information content (AvgIpc) is 3.30. The van der Waals surface area contributed by atoms with E-state index in [1.54, 1.807) is 4.68 Å². The number of hydrogen-bond donors (Lipinski definition) is 2. The molecule has 1 aliphatic carbocycles. The Morgan fingerprint density at radius 3 is 2.44 bits per heavy atom. The SMILES string of the molecule is CC(C)(C)[C@@H](C(=O)N1C[C@H](O)C[C@H]1C(=O)NC1CCS(=O)(=O)CC1)n1cc(C2CC2)nn1. The molecule has 1 saturated carbocycles. The molecule has 3 heterocycles. The van der Waals surface area contributed by atoms with Gasteiger partial charge in [0.25, 0.3) is 0 Å². The monoisotopic (exact) mass is 467 g/mol. The van der Waals surface area contributed by atoms with Gasteiger partial charge in [0.1, 0.15) is 21.9 Å². The maximum Gasteiger partial charge on any atom is 0.248 e. The topological polar surface area (TPSA) is 134 Å². The number of aromatic nitrogens is 3. The van der Waals surface area contributed by atoms with Crippen molar-refractivity contribution in [2.24, 2.45) is 5.41 Å². The summed E-state index contributed by atoms with van der Waals surface area (Å²) < 4.78 is 24.9. The van der Waals surface area contributed by atoms with Crippen LogP contribution in [0.5, 0.6) is 0 Å². The predicted molar refractivity (Wildman–Crippen MR) is 116 cm³/mol. The smallest absolute Gasteiger partial charge is 0.248 e. The van der Waals surface area contributed by atoms with Gasteiger partial charge in [-0.05, 0) is 31.1 Å². The Labute approximate surface area is 188 Å². The molecule has 0 bridgehead atoms. The number of aliphatic hydroxyl groups excluding tert-OH is 1. The highest BCUT2D eigenvalue weighted by Crippen LogP contribution is 2.40. The Balaban J connectivity index is 1.51. The van der Waals surface area contributed by atoms with E-state index >= 15 is 0 Å². The van der Waals surface area contributed by atoms with Gasteiger partial charge in [-0.1, -0.05) is 26.0 Å². The van der Waals surface area contributed by atoms with Gasteiger partial charge in [0.2, 0.25) is 11.8 Å². The van der Waals surface area contributed by atoms with Crippen LogP contribution in [0.25, 0.3) is 0 Å². The van der Waals surface area contributed by atoms with Crippen LogP contribution in [0.1, 0.15) is 70.5 Å². The molecule has 3 fully saturated rings. The minimum atomic E-state index is -3.03. The van der Waals surface area contributed by atoms with E-state index in [4.69, 9.17) is 0 Å². The molecule has 0 aromatic carbocycles. The van der Waals surface area contributed by atoms with Crippen LogP contribution in [0.2, 0.25) is 0 Å². The van der Waals surface area contributed by atoms with Crippen LogP contribution in [0.3, 0.4) is 0 Å². The van der Waals surface area contributed by atoms with Crippen LogP contribution < -0.4 is 5.32 Å². The largest absolute Gasteiger partial charge is 0.391 e. The highest BCUT2D eigenvalue weighted by atomic mass is 32.2. The second-order valence-electron chi connectivity index (χ2n) is 10.5. The lowest BCUT2D eigenvalue weighted by atomic mass is 9.85. The molecule has 32 heavy (non-hydrogen) atoms.